The first-order valence-electron chi connectivity index (χ1n) is 8.21. The van der Waals surface area contributed by atoms with E-state index in [0.29, 0.717) is 11.3 Å². The van der Waals surface area contributed by atoms with E-state index < -0.39 is 10.0 Å². The van der Waals surface area contributed by atoms with Gasteiger partial charge in [0.2, 0.25) is 0 Å². The molecule has 0 radical (unpaired) electrons. The van der Waals surface area contributed by atoms with Crippen LogP contribution in [0.5, 0.6) is 5.75 Å². The summed E-state index contributed by atoms with van der Waals surface area (Å²) in [6, 6.07) is 14.1. The molecule has 1 heterocycles. The summed E-state index contributed by atoms with van der Waals surface area (Å²) in [5.41, 5.74) is 0.690. The normalized spacial score (nSPS) is 12.0. The van der Waals surface area contributed by atoms with Gasteiger partial charge in [-0.15, -0.1) is 11.8 Å². The fourth-order valence-corrected chi connectivity index (χ4v) is 5.25. The Kier molecular flexibility index (Phi) is 5.60. The number of hydrogen-bond acceptors (Lipinski definition) is 5. The van der Waals surface area contributed by atoms with E-state index in [0.717, 1.165) is 22.6 Å². The molecule has 1 aromatic heterocycles. The van der Waals surface area contributed by atoms with Crippen molar-refractivity contribution in [2.45, 2.75) is 9.79 Å². The average Bonchev–Trinajstić information content (AvgIpc) is 3.01. The van der Waals surface area contributed by atoms with Crippen LogP contribution in [0.15, 0.2) is 64.5 Å². The van der Waals surface area contributed by atoms with Crippen LogP contribution >= 0.6 is 11.8 Å². The van der Waals surface area contributed by atoms with Crippen LogP contribution < -0.4 is 4.74 Å². The minimum atomic E-state index is -3.67. The van der Waals surface area contributed by atoms with Crippen molar-refractivity contribution in [2.24, 2.45) is 0 Å². The van der Waals surface area contributed by atoms with Gasteiger partial charge in [0.15, 0.2) is 0 Å². The Morgan fingerprint density at radius 2 is 1.77 bits per heavy atom. The molecule has 3 rings (SSSR count). The minimum Gasteiger partial charge on any atom is -0.497 e. The third kappa shape index (κ3) is 3.75. The van der Waals surface area contributed by atoms with Crippen LogP contribution in [0.1, 0.15) is 0 Å². The minimum absolute atomic E-state index is 0.240. The zero-order valence-electron chi connectivity index (χ0n) is 15.0. The van der Waals surface area contributed by atoms with E-state index in [1.165, 1.54) is 3.97 Å². The van der Waals surface area contributed by atoms with Gasteiger partial charge in [-0.1, -0.05) is 18.2 Å². The van der Waals surface area contributed by atoms with Crippen molar-refractivity contribution in [1.82, 2.24) is 8.87 Å². The summed E-state index contributed by atoms with van der Waals surface area (Å²) in [5, 5.41) is 0.952. The Labute approximate surface area is 158 Å². The van der Waals surface area contributed by atoms with Crippen molar-refractivity contribution in [3.8, 4) is 5.75 Å². The van der Waals surface area contributed by atoms with Crippen molar-refractivity contribution in [3.63, 3.8) is 0 Å². The Balaban J connectivity index is 2.03. The van der Waals surface area contributed by atoms with Gasteiger partial charge in [-0.2, -0.15) is 0 Å². The van der Waals surface area contributed by atoms with Crippen molar-refractivity contribution >= 4 is 32.7 Å². The molecule has 0 unspecified atom stereocenters. The number of para-hydroxylation sites is 1. The number of fused-ring (bicyclic) bond motifs is 1. The quantitative estimate of drug-likeness (QED) is 0.578. The molecule has 0 atom stereocenters. The largest absolute Gasteiger partial charge is 0.497 e. The summed E-state index contributed by atoms with van der Waals surface area (Å²) in [4.78, 5) is 3.32. The maximum atomic E-state index is 13.1. The van der Waals surface area contributed by atoms with E-state index in [-0.39, 0.29) is 4.90 Å². The molecule has 0 aliphatic carbocycles. The van der Waals surface area contributed by atoms with Gasteiger partial charge < -0.3 is 9.64 Å². The highest BCUT2D eigenvalue weighted by atomic mass is 32.2. The van der Waals surface area contributed by atoms with Crippen LogP contribution in [0.3, 0.4) is 0 Å². The molecule has 2 aromatic carbocycles. The lowest BCUT2D eigenvalue weighted by molar-refractivity contribution is 0.414. The average molecular weight is 391 g/mol. The third-order valence-electron chi connectivity index (χ3n) is 4.05. The molecule has 0 fully saturated rings. The third-order valence-corrected chi connectivity index (χ3v) is 6.76. The molecule has 0 saturated carbocycles. The van der Waals surface area contributed by atoms with Crippen molar-refractivity contribution in [3.05, 3.63) is 54.7 Å². The van der Waals surface area contributed by atoms with Crippen LogP contribution in [-0.4, -0.2) is 50.8 Å². The van der Waals surface area contributed by atoms with E-state index >= 15 is 0 Å². The number of benzene rings is 2. The topological polar surface area (TPSA) is 51.5 Å². The second kappa shape index (κ2) is 7.73. The van der Waals surface area contributed by atoms with Gasteiger partial charge in [0.25, 0.3) is 10.0 Å². The molecule has 3 aromatic rings. The van der Waals surface area contributed by atoms with Crippen molar-refractivity contribution in [1.29, 1.82) is 0 Å². The first kappa shape index (κ1) is 18.8. The number of methoxy groups -OCH3 is 1. The standard InChI is InChI=1S/C19H22N2O3S2/c1-20(2)12-13-25-19-14-21(18-7-5-4-6-17(18)19)26(22,23)16-10-8-15(24-3)9-11-16/h4-11,14H,12-13H2,1-3H3. The molecule has 7 heteroatoms. The van der Waals surface area contributed by atoms with Gasteiger partial charge in [-0.3, -0.25) is 0 Å². The number of nitrogens with zero attached hydrogens (tertiary/aromatic N) is 2. The molecule has 0 aliphatic heterocycles. The Hall–Kier alpha value is -1.96. The van der Waals surface area contributed by atoms with Gasteiger partial charge in [0.05, 0.1) is 17.5 Å². The summed E-state index contributed by atoms with van der Waals surface area (Å²) in [6.07, 6.45) is 1.73. The molecular weight excluding hydrogens is 368 g/mol. The number of hydrogen-bond donors (Lipinski definition) is 0. The highest BCUT2D eigenvalue weighted by molar-refractivity contribution is 7.99. The number of aromatic nitrogens is 1. The fourth-order valence-electron chi connectivity index (χ4n) is 2.63. The SMILES string of the molecule is COc1ccc(S(=O)(=O)n2cc(SCCN(C)C)c3ccccc32)cc1. The molecule has 0 aliphatic rings. The maximum Gasteiger partial charge on any atom is 0.268 e. The molecule has 0 amide bonds. The number of ether oxygens (including phenoxy) is 1. The maximum absolute atomic E-state index is 13.1. The summed E-state index contributed by atoms with van der Waals surface area (Å²) < 4.78 is 32.8. The lowest BCUT2D eigenvalue weighted by Gasteiger charge is -2.08. The highest BCUT2D eigenvalue weighted by Gasteiger charge is 2.21. The first-order chi connectivity index (χ1) is 12.4. The lowest BCUT2D eigenvalue weighted by Crippen LogP contribution is -2.14. The van der Waals surface area contributed by atoms with E-state index in [1.807, 2.05) is 38.4 Å². The molecule has 0 spiro atoms. The fraction of sp³-hybridized carbons (Fsp3) is 0.263. The van der Waals surface area contributed by atoms with Crippen LogP contribution in [0, 0.1) is 0 Å². The second-order valence-electron chi connectivity index (χ2n) is 6.14. The van der Waals surface area contributed by atoms with E-state index in [1.54, 1.807) is 49.3 Å². The van der Waals surface area contributed by atoms with Gasteiger partial charge in [-0.25, -0.2) is 12.4 Å². The molecule has 0 N–H and O–H groups in total. The van der Waals surface area contributed by atoms with Crippen molar-refractivity contribution < 1.29 is 13.2 Å². The summed E-state index contributed by atoms with van der Waals surface area (Å²) in [7, 11) is 1.93. The summed E-state index contributed by atoms with van der Waals surface area (Å²) >= 11 is 1.67. The van der Waals surface area contributed by atoms with Gasteiger partial charge in [0, 0.05) is 28.8 Å². The summed E-state index contributed by atoms with van der Waals surface area (Å²) in [6.45, 7) is 0.926. The Morgan fingerprint density at radius 3 is 2.42 bits per heavy atom. The zero-order chi connectivity index (χ0) is 18.7. The van der Waals surface area contributed by atoms with Crippen LogP contribution in [0.2, 0.25) is 0 Å². The van der Waals surface area contributed by atoms with E-state index in [9.17, 15) is 8.42 Å². The molecule has 138 valence electrons. The Morgan fingerprint density at radius 1 is 1.08 bits per heavy atom. The predicted molar refractivity (Wildman–Crippen MR) is 107 cm³/mol. The van der Waals surface area contributed by atoms with E-state index in [2.05, 4.69) is 4.90 Å². The predicted octanol–water partition coefficient (Wildman–Crippen LogP) is 3.54. The first-order valence-corrected chi connectivity index (χ1v) is 10.6. The number of thioether (sulfide) groups is 1. The van der Waals surface area contributed by atoms with Crippen LogP contribution in [0.4, 0.5) is 0 Å². The molecule has 5 nitrogen and oxygen atoms in total. The number of rotatable bonds is 7. The van der Waals surface area contributed by atoms with Crippen LogP contribution in [0.25, 0.3) is 10.9 Å². The molecule has 0 bridgehead atoms. The highest BCUT2D eigenvalue weighted by Crippen LogP contribution is 2.32. The smallest absolute Gasteiger partial charge is 0.268 e. The molecule has 26 heavy (non-hydrogen) atoms. The summed E-state index contributed by atoms with van der Waals surface area (Å²) in [5.74, 6) is 1.52. The van der Waals surface area contributed by atoms with Gasteiger partial charge >= 0.3 is 0 Å². The monoisotopic (exact) mass is 390 g/mol. The van der Waals surface area contributed by atoms with Crippen LogP contribution in [-0.2, 0) is 10.0 Å². The molecule has 0 saturated heterocycles. The second-order valence-corrected chi connectivity index (χ2v) is 9.09. The van der Waals surface area contributed by atoms with Crippen molar-refractivity contribution in [2.75, 3.05) is 33.5 Å². The zero-order valence-corrected chi connectivity index (χ0v) is 16.7. The lowest BCUT2D eigenvalue weighted by atomic mass is 10.2. The Bertz CT molecular complexity index is 993. The van der Waals surface area contributed by atoms with Gasteiger partial charge in [0.1, 0.15) is 5.75 Å². The van der Waals surface area contributed by atoms with Gasteiger partial charge in [-0.05, 0) is 44.4 Å². The van der Waals surface area contributed by atoms with E-state index in [4.69, 9.17) is 4.74 Å². The molecular formula is C19H22N2O3S2.